The number of ketones is 1. The maximum Gasteiger partial charge on any atom is 0.248 e. The number of anilines is 1. The van der Waals surface area contributed by atoms with Gasteiger partial charge in [-0.25, -0.2) is 4.39 Å². The largest absolute Gasteiger partial charge is 0.496 e. The molecule has 0 bridgehead atoms. The van der Waals surface area contributed by atoms with Gasteiger partial charge >= 0.3 is 0 Å². The highest BCUT2D eigenvalue weighted by Crippen LogP contribution is 2.37. The number of methoxy groups -OCH3 is 1. The quantitative estimate of drug-likeness (QED) is 0.273. The number of hydrogen-bond acceptors (Lipinski definition) is 4. The Labute approximate surface area is 190 Å². The van der Waals surface area contributed by atoms with Gasteiger partial charge in [0.1, 0.15) is 17.1 Å². The standard InChI is InChI=1S/C27H22FNO4/c1-16(11-27(31)29-21-6-4-5-19(12-21)17(2)30)22-13-23-24(18-7-9-20(28)10-8-18)15-33-26(23)14-25(22)32-3/h4-15H,1-3H3,(H,29,31)/b16-11+. The third-order valence-electron chi connectivity index (χ3n) is 5.36. The molecule has 0 aliphatic rings. The lowest BCUT2D eigenvalue weighted by atomic mass is 9.99. The van der Waals surface area contributed by atoms with Gasteiger partial charge in [0.05, 0.1) is 13.4 Å². The Hall–Kier alpha value is -4.19. The lowest BCUT2D eigenvalue weighted by Gasteiger charge is -2.10. The number of rotatable bonds is 6. The number of allylic oxidation sites excluding steroid dienone is 1. The summed E-state index contributed by atoms with van der Waals surface area (Å²) in [5, 5.41) is 3.61. The van der Waals surface area contributed by atoms with Crippen LogP contribution in [0, 0.1) is 5.82 Å². The Morgan fingerprint density at radius 1 is 1.03 bits per heavy atom. The fourth-order valence-corrected chi connectivity index (χ4v) is 3.65. The molecule has 4 aromatic rings. The summed E-state index contributed by atoms with van der Waals surface area (Å²) in [7, 11) is 1.55. The first-order chi connectivity index (χ1) is 15.9. The number of carbonyl (C=O) groups is 2. The summed E-state index contributed by atoms with van der Waals surface area (Å²) in [5.41, 5.74) is 4.71. The van der Waals surface area contributed by atoms with Crippen molar-refractivity contribution in [3.8, 4) is 16.9 Å². The highest BCUT2D eigenvalue weighted by molar-refractivity contribution is 6.06. The Morgan fingerprint density at radius 3 is 2.48 bits per heavy atom. The Morgan fingerprint density at radius 2 is 1.79 bits per heavy atom. The summed E-state index contributed by atoms with van der Waals surface area (Å²) in [6.45, 7) is 3.29. The topological polar surface area (TPSA) is 68.5 Å². The van der Waals surface area contributed by atoms with Gasteiger partial charge in [-0.05, 0) is 55.3 Å². The number of nitrogens with one attached hydrogen (secondary N) is 1. The van der Waals surface area contributed by atoms with Gasteiger partial charge in [0.2, 0.25) is 5.91 Å². The maximum atomic E-state index is 13.3. The Balaban J connectivity index is 1.68. The van der Waals surface area contributed by atoms with E-state index in [0.717, 1.165) is 22.1 Å². The van der Waals surface area contributed by atoms with Crippen LogP contribution in [-0.2, 0) is 4.79 Å². The van der Waals surface area contributed by atoms with Crippen molar-refractivity contribution in [1.82, 2.24) is 0 Å². The van der Waals surface area contributed by atoms with Crippen LogP contribution < -0.4 is 10.1 Å². The SMILES string of the molecule is COc1cc2occ(-c3ccc(F)cc3)c2cc1/C(C)=C/C(=O)Nc1cccc(C(C)=O)c1. The molecule has 0 unspecified atom stereocenters. The van der Waals surface area contributed by atoms with Crippen molar-refractivity contribution in [2.75, 3.05) is 12.4 Å². The van der Waals surface area contributed by atoms with Crippen LogP contribution in [0.5, 0.6) is 5.75 Å². The zero-order valence-corrected chi connectivity index (χ0v) is 18.4. The maximum absolute atomic E-state index is 13.3. The summed E-state index contributed by atoms with van der Waals surface area (Å²) in [5.74, 6) is -0.163. The van der Waals surface area contributed by atoms with Gasteiger partial charge in [0, 0.05) is 39.9 Å². The summed E-state index contributed by atoms with van der Waals surface area (Å²) in [4.78, 5) is 24.2. The second-order valence-corrected chi connectivity index (χ2v) is 7.66. The van der Waals surface area contributed by atoms with Crippen molar-refractivity contribution in [2.24, 2.45) is 0 Å². The minimum atomic E-state index is -0.332. The fraction of sp³-hybridized carbons (Fsp3) is 0.111. The lowest BCUT2D eigenvalue weighted by molar-refractivity contribution is -0.111. The van der Waals surface area contributed by atoms with Crippen LogP contribution in [0.4, 0.5) is 10.1 Å². The van der Waals surface area contributed by atoms with Crippen LogP contribution in [0.1, 0.15) is 29.8 Å². The predicted octanol–water partition coefficient (Wildman–Crippen LogP) is 6.49. The number of ether oxygens (including phenoxy) is 1. The molecule has 3 aromatic carbocycles. The number of fused-ring (bicyclic) bond motifs is 1. The van der Waals surface area contributed by atoms with Crippen LogP contribution in [0.15, 0.2) is 77.4 Å². The van der Waals surface area contributed by atoms with Crippen molar-refractivity contribution in [1.29, 1.82) is 0 Å². The molecule has 6 heteroatoms. The molecule has 0 aliphatic heterocycles. The molecule has 0 radical (unpaired) electrons. The third kappa shape index (κ3) is 4.70. The number of hydrogen-bond donors (Lipinski definition) is 1. The van der Waals surface area contributed by atoms with Gasteiger partial charge in [-0.2, -0.15) is 0 Å². The van der Waals surface area contributed by atoms with E-state index in [1.54, 1.807) is 55.8 Å². The van der Waals surface area contributed by atoms with Gasteiger partial charge in [-0.15, -0.1) is 0 Å². The third-order valence-corrected chi connectivity index (χ3v) is 5.36. The fourth-order valence-electron chi connectivity index (χ4n) is 3.65. The first kappa shape index (κ1) is 22.0. The van der Waals surface area contributed by atoms with E-state index in [1.165, 1.54) is 25.1 Å². The summed E-state index contributed by atoms with van der Waals surface area (Å²) in [6.07, 6.45) is 3.09. The van der Waals surface area contributed by atoms with Gasteiger partial charge in [0.15, 0.2) is 5.78 Å². The van der Waals surface area contributed by atoms with Crippen molar-refractivity contribution in [3.63, 3.8) is 0 Å². The van der Waals surface area contributed by atoms with E-state index < -0.39 is 0 Å². The molecule has 1 aromatic heterocycles. The van der Waals surface area contributed by atoms with Crippen LogP contribution in [0.2, 0.25) is 0 Å². The van der Waals surface area contributed by atoms with E-state index >= 15 is 0 Å². The lowest BCUT2D eigenvalue weighted by Crippen LogP contribution is -2.09. The average molecular weight is 443 g/mol. The number of amides is 1. The zero-order valence-electron chi connectivity index (χ0n) is 18.4. The Bertz CT molecular complexity index is 1380. The van der Waals surface area contributed by atoms with Crippen LogP contribution in [0.25, 0.3) is 27.7 Å². The second kappa shape index (κ2) is 9.12. The highest BCUT2D eigenvalue weighted by Gasteiger charge is 2.15. The number of furan rings is 1. The average Bonchev–Trinajstić information content (AvgIpc) is 3.21. The molecule has 33 heavy (non-hydrogen) atoms. The van der Waals surface area contributed by atoms with E-state index in [2.05, 4.69) is 5.32 Å². The van der Waals surface area contributed by atoms with E-state index in [1.807, 2.05) is 13.0 Å². The molecule has 1 amide bonds. The second-order valence-electron chi connectivity index (χ2n) is 7.66. The molecule has 0 atom stereocenters. The molecule has 0 fully saturated rings. The van der Waals surface area contributed by atoms with Gasteiger partial charge in [-0.3, -0.25) is 9.59 Å². The number of Topliss-reactive ketones (excluding diaryl/α,β-unsaturated/α-hetero) is 1. The van der Waals surface area contributed by atoms with Gasteiger partial charge in [-0.1, -0.05) is 24.3 Å². The van der Waals surface area contributed by atoms with E-state index in [4.69, 9.17) is 9.15 Å². The summed E-state index contributed by atoms with van der Waals surface area (Å²) < 4.78 is 24.6. The van der Waals surface area contributed by atoms with Crippen molar-refractivity contribution in [3.05, 3.63) is 89.9 Å². The summed E-state index contributed by atoms with van der Waals surface area (Å²) in [6, 6.07) is 16.6. The molecule has 166 valence electrons. The molecule has 0 saturated heterocycles. The zero-order chi connectivity index (χ0) is 23.5. The molecule has 4 rings (SSSR count). The molecule has 0 spiro atoms. The highest BCUT2D eigenvalue weighted by atomic mass is 19.1. The van der Waals surface area contributed by atoms with E-state index in [0.29, 0.717) is 28.2 Å². The summed E-state index contributed by atoms with van der Waals surface area (Å²) >= 11 is 0. The van der Waals surface area contributed by atoms with Crippen LogP contribution in [0.3, 0.4) is 0 Å². The van der Waals surface area contributed by atoms with E-state index in [-0.39, 0.29) is 17.5 Å². The first-order valence-electron chi connectivity index (χ1n) is 10.3. The van der Waals surface area contributed by atoms with Gasteiger partial charge < -0.3 is 14.5 Å². The molecule has 1 heterocycles. The molecule has 1 N–H and O–H groups in total. The van der Waals surface area contributed by atoms with E-state index in [9.17, 15) is 14.0 Å². The molecular weight excluding hydrogens is 421 g/mol. The number of carbonyl (C=O) groups excluding carboxylic acids is 2. The van der Waals surface area contributed by atoms with Crippen molar-refractivity contribution in [2.45, 2.75) is 13.8 Å². The Kier molecular flexibility index (Phi) is 6.09. The predicted molar refractivity (Wildman–Crippen MR) is 127 cm³/mol. The normalized spacial score (nSPS) is 11.5. The van der Waals surface area contributed by atoms with Gasteiger partial charge in [0.25, 0.3) is 0 Å². The monoisotopic (exact) mass is 443 g/mol. The number of benzene rings is 3. The van der Waals surface area contributed by atoms with Crippen molar-refractivity contribution >= 4 is 33.9 Å². The van der Waals surface area contributed by atoms with Crippen LogP contribution >= 0.6 is 0 Å². The molecular formula is C27H22FNO4. The van der Waals surface area contributed by atoms with Crippen molar-refractivity contribution < 1.29 is 23.1 Å². The van der Waals surface area contributed by atoms with Crippen LogP contribution in [-0.4, -0.2) is 18.8 Å². The molecule has 5 nitrogen and oxygen atoms in total. The minimum absolute atomic E-state index is 0.0760. The smallest absolute Gasteiger partial charge is 0.248 e. The number of halogens is 1. The molecule has 0 aliphatic carbocycles. The minimum Gasteiger partial charge on any atom is -0.496 e. The first-order valence-corrected chi connectivity index (χ1v) is 10.3. The molecule has 0 saturated carbocycles.